The van der Waals surface area contributed by atoms with Crippen LogP contribution in [0.15, 0.2) is 42.5 Å². The Morgan fingerprint density at radius 1 is 1.19 bits per heavy atom. The van der Waals surface area contributed by atoms with Gasteiger partial charge in [-0.05, 0) is 54.5 Å². The molecule has 0 unspecified atom stereocenters. The monoisotopic (exact) mass is 403 g/mol. The zero-order chi connectivity index (χ0) is 19.2. The molecule has 0 aliphatic carbocycles. The number of thiocarbonyl (C=S) groups is 1. The predicted molar refractivity (Wildman–Crippen MR) is 114 cm³/mol. The predicted octanol–water partition coefficient (Wildman–Crippen LogP) is 3.87. The first-order chi connectivity index (χ1) is 13.1. The maximum atomic E-state index is 12.4. The summed E-state index contributed by atoms with van der Waals surface area (Å²) in [7, 11) is 0. The lowest BCUT2D eigenvalue weighted by atomic mass is 10.1. The quantitative estimate of drug-likeness (QED) is 0.759. The summed E-state index contributed by atoms with van der Waals surface area (Å²) >= 11 is 11.5. The molecule has 2 aromatic carbocycles. The Morgan fingerprint density at radius 3 is 2.56 bits per heavy atom. The smallest absolute Gasteiger partial charge is 0.257 e. The first-order valence-electron chi connectivity index (χ1n) is 8.90. The Bertz CT molecular complexity index is 820. The third-order valence-electron chi connectivity index (χ3n) is 4.41. The van der Waals surface area contributed by atoms with Gasteiger partial charge < -0.3 is 15.0 Å². The molecule has 1 aliphatic heterocycles. The Kier molecular flexibility index (Phi) is 6.66. The molecule has 142 valence electrons. The van der Waals surface area contributed by atoms with Gasteiger partial charge in [0.25, 0.3) is 5.91 Å². The molecular weight excluding hydrogens is 382 g/mol. The highest BCUT2D eigenvalue weighted by Crippen LogP contribution is 2.29. The van der Waals surface area contributed by atoms with E-state index in [0.29, 0.717) is 23.8 Å². The number of aryl methyl sites for hydroxylation is 1. The summed E-state index contributed by atoms with van der Waals surface area (Å²) in [5.74, 6) is -0.245. The third kappa shape index (κ3) is 5.19. The largest absolute Gasteiger partial charge is 0.378 e. The van der Waals surface area contributed by atoms with Crippen molar-refractivity contribution in [2.75, 3.05) is 36.5 Å². The van der Waals surface area contributed by atoms with Crippen LogP contribution in [0.25, 0.3) is 0 Å². The van der Waals surface area contributed by atoms with E-state index in [1.54, 1.807) is 18.2 Å². The minimum absolute atomic E-state index is 0.233. The minimum Gasteiger partial charge on any atom is -0.378 e. The zero-order valence-electron chi connectivity index (χ0n) is 15.1. The van der Waals surface area contributed by atoms with Crippen molar-refractivity contribution in [2.45, 2.75) is 13.3 Å². The number of rotatable bonds is 4. The number of hydrogen-bond acceptors (Lipinski definition) is 4. The van der Waals surface area contributed by atoms with E-state index in [4.69, 9.17) is 28.6 Å². The molecule has 1 aliphatic rings. The molecule has 7 heteroatoms. The van der Waals surface area contributed by atoms with Crippen molar-refractivity contribution in [3.8, 4) is 0 Å². The average Bonchev–Trinajstić information content (AvgIpc) is 2.68. The van der Waals surface area contributed by atoms with Gasteiger partial charge in [0.2, 0.25) is 0 Å². The van der Waals surface area contributed by atoms with Crippen molar-refractivity contribution in [3.05, 3.63) is 58.6 Å². The molecule has 1 heterocycles. The number of carbonyl (C=O) groups is 1. The van der Waals surface area contributed by atoms with Crippen LogP contribution in [-0.4, -0.2) is 37.3 Å². The fourth-order valence-electron chi connectivity index (χ4n) is 2.91. The van der Waals surface area contributed by atoms with Gasteiger partial charge in [-0.1, -0.05) is 30.7 Å². The van der Waals surface area contributed by atoms with Crippen molar-refractivity contribution < 1.29 is 9.53 Å². The molecule has 0 atom stereocenters. The second kappa shape index (κ2) is 9.17. The Labute approximate surface area is 169 Å². The normalized spacial score (nSPS) is 13.9. The zero-order valence-corrected chi connectivity index (χ0v) is 16.7. The van der Waals surface area contributed by atoms with Crippen molar-refractivity contribution in [1.82, 2.24) is 5.32 Å². The van der Waals surface area contributed by atoms with E-state index in [2.05, 4.69) is 22.5 Å². The van der Waals surface area contributed by atoms with Gasteiger partial charge in [0.15, 0.2) is 5.11 Å². The molecule has 2 N–H and O–H groups in total. The topological polar surface area (TPSA) is 53.6 Å². The summed E-state index contributed by atoms with van der Waals surface area (Å²) in [6.45, 7) is 5.01. The van der Waals surface area contributed by atoms with Crippen LogP contribution in [0, 0.1) is 0 Å². The first-order valence-corrected chi connectivity index (χ1v) is 9.69. The van der Waals surface area contributed by atoms with E-state index in [0.717, 1.165) is 30.9 Å². The van der Waals surface area contributed by atoms with Crippen molar-refractivity contribution in [1.29, 1.82) is 0 Å². The number of nitrogens with one attached hydrogen (secondary N) is 2. The Hall–Kier alpha value is -2.15. The van der Waals surface area contributed by atoms with Crippen LogP contribution in [0.1, 0.15) is 22.8 Å². The third-order valence-corrected chi connectivity index (χ3v) is 4.85. The van der Waals surface area contributed by atoms with Gasteiger partial charge in [-0.3, -0.25) is 10.1 Å². The van der Waals surface area contributed by atoms with Crippen molar-refractivity contribution >= 4 is 46.2 Å². The van der Waals surface area contributed by atoms with Gasteiger partial charge in [-0.2, -0.15) is 0 Å². The summed E-state index contributed by atoms with van der Waals surface area (Å²) in [4.78, 5) is 14.6. The molecule has 1 fully saturated rings. The molecule has 5 nitrogen and oxygen atoms in total. The number of anilines is 2. The van der Waals surface area contributed by atoms with Crippen LogP contribution >= 0.6 is 23.8 Å². The molecule has 1 amide bonds. The van der Waals surface area contributed by atoms with Crippen LogP contribution < -0.4 is 15.5 Å². The van der Waals surface area contributed by atoms with Gasteiger partial charge in [-0.15, -0.1) is 0 Å². The Balaban J connectivity index is 1.69. The van der Waals surface area contributed by atoms with Gasteiger partial charge >= 0.3 is 0 Å². The van der Waals surface area contributed by atoms with E-state index in [-0.39, 0.29) is 11.0 Å². The number of morpholine rings is 1. The van der Waals surface area contributed by atoms with Crippen molar-refractivity contribution in [3.63, 3.8) is 0 Å². The highest BCUT2D eigenvalue weighted by atomic mass is 35.5. The molecule has 27 heavy (non-hydrogen) atoms. The molecule has 0 radical (unpaired) electrons. The van der Waals surface area contributed by atoms with E-state index in [1.807, 2.05) is 24.3 Å². The summed E-state index contributed by atoms with van der Waals surface area (Å²) in [6, 6.07) is 13.1. The van der Waals surface area contributed by atoms with Crippen LogP contribution in [0.2, 0.25) is 5.02 Å². The van der Waals surface area contributed by atoms with E-state index >= 15 is 0 Å². The fourth-order valence-corrected chi connectivity index (χ4v) is 3.28. The highest BCUT2D eigenvalue weighted by molar-refractivity contribution is 7.80. The number of carbonyl (C=O) groups excluding carboxylic acids is 1. The van der Waals surface area contributed by atoms with Gasteiger partial charge in [0, 0.05) is 23.7 Å². The average molecular weight is 404 g/mol. The number of amides is 1. The van der Waals surface area contributed by atoms with Gasteiger partial charge in [-0.25, -0.2) is 0 Å². The van der Waals surface area contributed by atoms with Crippen LogP contribution in [0.5, 0.6) is 0 Å². The Morgan fingerprint density at radius 2 is 1.89 bits per heavy atom. The van der Waals surface area contributed by atoms with Gasteiger partial charge in [0.05, 0.1) is 24.6 Å². The van der Waals surface area contributed by atoms with Crippen LogP contribution in [0.3, 0.4) is 0 Å². The molecule has 1 saturated heterocycles. The number of hydrogen-bond donors (Lipinski definition) is 2. The van der Waals surface area contributed by atoms with Crippen LogP contribution in [0.4, 0.5) is 11.4 Å². The maximum absolute atomic E-state index is 12.4. The number of ether oxygens (including phenoxy) is 1. The van der Waals surface area contributed by atoms with E-state index < -0.39 is 0 Å². The molecule has 0 bridgehead atoms. The lowest BCUT2D eigenvalue weighted by molar-refractivity contribution is 0.0977. The SMILES string of the molecule is CCc1ccc(C(=O)NC(=S)Nc2cc(Cl)ccc2N2CCOCC2)cc1. The highest BCUT2D eigenvalue weighted by Gasteiger charge is 2.16. The molecule has 0 spiro atoms. The van der Waals surface area contributed by atoms with E-state index in [1.165, 1.54) is 5.56 Å². The summed E-state index contributed by atoms with van der Waals surface area (Å²) < 4.78 is 5.41. The molecule has 3 rings (SSSR count). The fraction of sp³-hybridized carbons (Fsp3) is 0.300. The summed E-state index contributed by atoms with van der Waals surface area (Å²) in [5.41, 5.74) is 3.49. The van der Waals surface area contributed by atoms with Gasteiger partial charge in [0.1, 0.15) is 0 Å². The lowest BCUT2D eigenvalue weighted by Crippen LogP contribution is -2.38. The molecule has 0 aromatic heterocycles. The van der Waals surface area contributed by atoms with Crippen molar-refractivity contribution in [2.24, 2.45) is 0 Å². The second-order valence-corrected chi connectivity index (χ2v) is 7.06. The summed E-state index contributed by atoms with van der Waals surface area (Å²) in [6.07, 6.45) is 0.931. The molecular formula is C20H22ClN3O2S. The number of nitrogens with zero attached hydrogens (tertiary/aromatic N) is 1. The summed E-state index contributed by atoms with van der Waals surface area (Å²) in [5, 5.41) is 6.66. The lowest BCUT2D eigenvalue weighted by Gasteiger charge is -2.30. The van der Waals surface area contributed by atoms with E-state index in [9.17, 15) is 4.79 Å². The number of benzene rings is 2. The maximum Gasteiger partial charge on any atom is 0.257 e. The molecule has 0 saturated carbocycles. The number of halogens is 1. The van der Waals surface area contributed by atoms with Crippen LogP contribution in [-0.2, 0) is 11.2 Å². The minimum atomic E-state index is -0.245. The second-order valence-electron chi connectivity index (χ2n) is 6.22. The first kappa shape index (κ1) is 19.6. The molecule has 2 aromatic rings. The standard InChI is InChI=1S/C20H22ClN3O2S/c1-2-14-3-5-15(6-4-14)19(25)23-20(27)22-17-13-16(21)7-8-18(17)24-9-11-26-12-10-24/h3-8,13H,2,9-12H2,1H3,(H2,22,23,25,27).